The molecule has 1 aliphatic heterocycles. The van der Waals surface area contributed by atoms with Crippen molar-refractivity contribution >= 4 is 5.69 Å². The van der Waals surface area contributed by atoms with Gasteiger partial charge in [-0.2, -0.15) is 0 Å². The van der Waals surface area contributed by atoms with Crippen molar-refractivity contribution in [2.24, 2.45) is 10.3 Å². The third-order valence-electron chi connectivity index (χ3n) is 5.85. The molecular formula is C23H29N3O. The van der Waals surface area contributed by atoms with E-state index in [1.54, 1.807) is 0 Å². The number of nitrogens with zero attached hydrogens (tertiary/aromatic N) is 3. The van der Waals surface area contributed by atoms with Crippen molar-refractivity contribution in [3.05, 3.63) is 53.6 Å². The largest absolute Gasteiger partial charge is 0.392 e. The Morgan fingerprint density at radius 3 is 2.44 bits per heavy atom. The van der Waals surface area contributed by atoms with Crippen molar-refractivity contribution in [3.63, 3.8) is 0 Å². The van der Waals surface area contributed by atoms with Crippen LogP contribution in [0, 0.1) is 6.92 Å². The number of aliphatic hydroxyl groups excluding tert-OH is 1. The Labute approximate surface area is 161 Å². The topological polar surface area (TPSA) is 48.2 Å². The lowest BCUT2D eigenvalue weighted by molar-refractivity contribution is 0.106. The first-order valence-electron chi connectivity index (χ1n) is 10.3. The Hall–Kier alpha value is -2.20. The summed E-state index contributed by atoms with van der Waals surface area (Å²) < 4.78 is 0. The maximum Gasteiger partial charge on any atom is 0.0988 e. The molecule has 0 unspecified atom stereocenters. The van der Waals surface area contributed by atoms with Gasteiger partial charge in [0.05, 0.1) is 11.8 Å². The fourth-order valence-corrected chi connectivity index (χ4v) is 4.41. The number of rotatable bonds is 4. The van der Waals surface area contributed by atoms with Gasteiger partial charge in [0.2, 0.25) is 0 Å². The van der Waals surface area contributed by atoms with E-state index in [1.165, 1.54) is 24.8 Å². The molecule has 2 fully saturated rings. The van der Waals surface area contributed by atoms with E-state index in [-0.39, 0.29) is 12.0 Å². The van der Waals surface area contributed by atoms with Crippen LogP contribution in [0.2, 0.25) is 0 Å². The SMILES string of the molecule is Cc1cc(-c2ccccc2)c(N=NN2CCCC2)c([C@H]2CCCC[C@@H]2O)c1. The number of benzene rings is 2. The Bertz CT molecular complexity index is 797. The Balaban J connectivity index is 1.82. The average Bonchev–Trinajstić information content (AvgIpc) is 3.21. The molecule has 142 valence electrons. The lowest BCUT2D eigenvalue weighted by Gasteiger charge is -2.29. The Morgan fingerprint density at radius 2 is 1.70 bits per heavy atom. The molecule has 1 saturated carbocycles. The van der Waals surface area contributed by atoms with Gasteiger partial charge in [-0.15, -0.1) is 5.11 Å². The number of aryl methyl sites for hydroxylation is 1. The molecule has 1 N–H and O–H groups in total. The summed E-state index contributed by atoms with van der Waals surface area (Å²) in [5, 5.41) is 22.1. The zero-order valence-corrected chi connectivity index (χ0v) is 16.1. The fourth-order valence-electron chi connectivity index (χ4n) is 4.41. The molecule has 2 aromatic rings. The van der Waals surface area contributed by atoms with Gasteiger partial charge in [-0.3, -0.25) is 5.01 Å². The summed E-state index contributed by atoms with van der Waals surface area (Å²) in [6.07, 6.45) is 6.26. The van der Waals surface area contributed by atoms with E-state index >= 15 is 0 Å². The van der Waals surface area contributed by atoms with Crippen molar-refractivity contribution in [1.82, 2.24) is 5.01 Å². The lowest BCUT2D eigenvalue weighted by atomic mass is 9.79. The highest BCUT2D eigenvalue weighted by atomic mass is 16.3. The molecule has 4 nitrogen and oxygen atoms in total. The maximum absolute atomic E-state index is 10.7. The van der Waals surface area contributed by atoms with Crippen LogP contribution >= 0.6 is 0 Å². The fraction of sp³-hybridized carbons (Fsp3) is 0.478. The van der Waals surface area contributed by atoms with Crippen LogP contribution in [-0.4, -0.2) is 29.3 Å². The second kappa shape index (κ2) is 8.22. The molecule has 27 heavy (non-hydrogen) atoms. The summed E-state index contributed by atoms with van der Waals surface area (Å²) in [6.45, 7) is 4.10. The minimum absolute atomic E-state index is 0.147. The van der Waals surface area contributed by atoms with Crippen molar-refractivity contribution in [2.45, 2.75) is 57.5 Å². The molecule has 4 heteroatoms. The zero-order chi connectivity index (χ0) is 18.6. The van der Waals surface area contributed by atoms with Gasteiger partial charge in [0.15, 0.2) is 0 Å². The predicted octanol–water partition coefficient (Wildman–Crippen LogP) is 5.78. The molecule has 2 aromatic carbocycles. The summed E-state index contributed by atoms with van der Waals surface area (Å²) in [4.78, 5) is 0. The highest BCUT2D eigenvalue weighted by Crippen LogP contribution is 2.43. The maximum atomic E-state index is 10.7. The summed E-state index contributed by atoms with van der Waals surface area (Å²) in [6, 6.07) is 14.8. The van der Waals surface area contributed by atoms with Gasteiger partial charge in [-0.05, 0) is 49.8 Å². The molecule has 2 atom stereocenters. The molecule has 0 radical (unpaired) electrons. The number of hydrogen-bond donors (Lipinski definition) is 1. The van der Waals surface area contributed by atoms with E-state index in [1.807, 2.05) is 6.07 Å². The number of aliphatic hydroxyl groups is 1. The molecule has 0 aromatic heterocycles. The molecule has 4 rings (SSSR count). The van der Waals surface area contributed by atoms with E-state index in [0.717, 1.165) is 54.7 Å². The van der Waals surface area contributed by atoms with E-state index in [4.69, 9.17) is 5.11 Å². The van der Waals surface area contributed by atoms with Crippen LogP contribution in [0.4, 0.5) is 5.69 Å². The molecule has 0 spiro atoms. The van der Waals surface area contributed by atoms with E-state index in [9.17, 15) is 5.11 Å². The van der Waals surface area contributed by atoms with Crippen molar-refractivity contribution in [2.75, 3.05) is 13.1 Å². The highest BCUT2D eigenvalue weighted by molar-refractivity contribution is 5.79. The van der Waals surface area contributed by atoms with Crippen LogP contribution in [0.15, 0.2) is 52.8 Å². The van der Waals surface area contributed by atoms with Gasteiger partial charge in [-0.25, -0.2) is 0 Å². The first kappa shape index (κ1) is 18.2. The van der Waals surface area contributed by atoms with Gasteiger partial charge in [0, 0.05) is 24.6 Å². The summed E-state index contributed by atoms with van der Waals surface area (Å²) in [5.41, 5.74) is 5.57. The van der Waals surface area contributed by atoms with Gasteiger partial charge in [0.1, 0.15) is 0 Å². The normalized spacial score (nSPS) is 23.3. The molecule has 2 aliphatic rings. The van der Waals surface area contributed by atoms with Gasteiger partial charge in [-0.1, -0.05) is 60.0 Å². The second-order valence-electron chi connectivity index (χ2n) is 7.92. The Kier molecular flexibility index (Phi) is 5.53. The second-order valence-corrected chi connectivity index (χ2v) is 7.92. The summed E-state index contributed by atoms with van der Waals surface area (Å²) >= 11 is 0. The molecule has 1 saturated heterocycles. The van der Waals surface area contributed by atoms with E-state index in [2.05, 4.69) is 53.6 Å². The predicted molar refractivity (Wildman–Crippen MR) is 109 cm³/mol. The lowest BCUT2D eigenvalue weighted by Crippen LogP contribution is -2.22. The molecule has 0 bridgehead atoms. The molecule has 0 amide bonds. The molecule has 1 aliphatic carbocycles. The highest BCUT2D eigenvalue weighted by Gasteiger charge is 2.28. The van der Waals surface area contributed by atoms with Crippen LogP contribution in [-0.2, 0) is 0 Å². The quantitative estimate of drug-likeness (QED) is 0.701. The van der Waals surface area contributed by atoms with Gasteiger partial charge >= 0.3 is 0 Å². The summed E-state index contributed by atoms with van der Waals surface area (Å²) in [7, 11) is 0. The van der Waals surface area contributed by atoms with Crippen LogP contribution < -0.4 is 0 Å². The van der Waals surface area contributed by atoms with Crippen LogP contribution in [0.25, 0.3) is 11.1 Å². The Morgan fingerprint density at radius 1 is 0.963 bits per heavy atom. The van der Waals surface area contributed by atoms with Crippen molar-refractivity contribution in [3.8, 4) is 11.1 Å². The minimum atomic E-state index is -0.287. The molecule has 1 heterocycles. The van der Waals surface area contributed by atoms with Crippen molar-refractivity contribution < 1.29 is 5.11 Å². The number of hydrogen-bond acceptors (Lipinski definition) is 3. The first-order valence-corrected chi connectivity index (χ1v) is 10.3. The average molecular weight is 364 g/mol. The third-order valence-corrected chi connectivity index (χ3v) is 5.85. The molecular weight excluding hydrogens is 334 g/mol. The first-order chi connectivity index (χ1) is 13.2. The zero-order valence-electron chi connectivity index (χ0n) is 16.1. The van der Waals surface area contributed by atoms with Crippen LogP contribution in [0.5, 0.6) is 0 Å². The third kappa shape index (κ3) is 4.06. The summed E-state index contributed by atoms with van der Waals surface area (Å²) in [5.74, 6) is 0.147. The van der Waals surface area contributed by atoms with E-state index in [0.29, 0.717) is 0 Å². The smallest absolute Gasteiger partial charge is 0.0988 e. The van der Waals surface area contributed by atoms with Crippen LogP contribution in [0.3, 0.4) is 0 Å². The standard InChI is InChI=1S/C23H29N3O/c1-17-15-20(18-9-3-2-4-10-18)23(24-25-26-13-7-8-14-26)21(16-17)19-11-5-6-12-22(19)27/h2-4,9-10,15-16,19,22,27H,5-8,11-14H2,1H3/t19-,22+/m1/s1. The van der Waals surface area contributed by atoms with Crippen molar-refractivity contribution in [1.29, 1.82) is 0 Å². The minimum Gasteiger partial charge on any atom is -0.392 e. The monoisotopic (exact) mass is 363 g/mol. The van der Waals surface area contributed by atoms with Gasteiger partial charge < -0.3 is 5.11 Å². The van der Waals surface area contributed by atoms with Crippen LogP contribution in [0.1, 0.15) is 55.6 Å². The van der Waals surface area contributed by atoms with E-state index < -0.39 is 0 Å². The van der Waals surface area contributed by atoms with Gasteiger partial charge in [0.25, 0.3) is 0 Å².